The molecule has 1 saturated carbocycles. The quantitative estimate of drug-likeness (QED) is 0.494. The van der Waals surface area contributed by atoms with Gasteiger partial charge in [0.15, 0.2) is 0 Å². The molecule has 120 valence electrons. The fraction of sp³-hybridized carbons (Fsp3) is 1.00. The molecule has 0 heterocycles. The van der Waals surface area contributed by atoms with E-state index in [1.165, 1.54) is 25.7 Å². The summed E-state index contributed by atoms with van der Waals surface area (Å²) in [5, 5.41) is 0. The van der Waals surface area contributed by atoms with Crippen LogP contribution in [0.1, 0.15) is 90.9 Å². The van der Waals surface area contributed by atoms with Crippen molar-refractivity contribution in [2.24, 2.45) is 11.3 Å². The minimum Gasteiger partial charge on any atom is -0.170 e. The average Bonchev–Trinajstić information content (AvgIpc) is 2.37. The summed E-state index contributed by atoms with van der Waals surface area (Å²) in [5.74, 6) is -0.312. The summed E-state index contributed by atoms with van der Waals surface area (Å²) in [6, 6.07) is 0. The first-order valence-corrected chi connectivity index (χ1v) is 8.47. The van der Waals surface area contributed by atoms with Crippen LogP contribution < -0.4 is 0 Å². The second kappa shape index (κ2) is 8.29. The van der Waals surface area contributed by atoms with E-state index in [1.54, 1.807) is 13.8 Å². The maximum atomic E-state index is 13.7. The Morgan fingerprint density at radius 2 is 0.950 bits per heavy atom. The Bertz CT molecular complexity index is 241. The van der Waals surface area contributed by atoms with Crippen molar-refractivity contribution in [3.63, 3.8) is 0 Å². The zero-order chi connectivity index (χ0) is 15.1. The lowest BCUT2D eigenvalue weighted by atomic mass is 9.69. The van der Waals surface area contributed by atoms with Crippen molar-refractivity contribution in [3.05, 3.63) is 0 Å². The van der Waals surface area contributed by atoms with Crippen LogP contribution in [0.3, 0.4) is 0 Å². The predicted octanol–water partition coefficient (Wildman–Crippen LogP) is 6.89. The van der Waals surface area contributed by atoms with Gasteiger partial charge in [-0.15, -0.1) is 0 Å². The van der Waals surface area contributed by atoms with E-state index in [0.717, 1.165) is 38.5 Å². The van der Waals surface area contributed by atoms with E-state index >= 15 is 0 Å². The Kier molecular flexibility index (Phi) is 7.39. The van der Waals surface area contributed by atoms with E-state index in [4.69, 9.17) is 0 Å². The Morgan fingerprint density at radius 1 is 0.650 bits per heavy atom. The van der Waals surface area contributed by atoms with Gasteiger partial charge >= 0.3 is 6.18 Å². The molecule has 0 amide bonds. The SMILES string of the molecule is CC(C)C1(C(F)(F)F)CCCCCCCCCCCC1. The summed E-state index contributed by atoms with van der Waals surface area (Å²) in [6.45, 7) is 3.51. The van der Waals surface area contributed by atoms with Crippen molar-refractivity contribution in [2.75, 3.05) is 0 Å². The highest BCUT2D eigenvalue weighted by molar-refractivity contribution is 4.89. The summed E-state index contributed by atoms with van der Waals surface area (Å²) in [7, 11) is 0. The van der Waals surface area contributed by atoms with Gasteiger partial charge in [-0.1, -0.05) is 78.1 Å². The summed E-state index contributed by atoms with van der Waals surface area (Å²) in [4.78, 5) is 0. The molecule has 0 saturated heterocycles. The van der Waals surface area contributed by atoms with Crippen molar-refractivity contribution in [3.8, 4) is 0 Å². The first-order valence-electron chi connectivity index (χ1n) is 8.47. The zero-order valence-electron chi connectivity index (χ0n) is 13.2. The molecule has 1 aliphatic rings. The van der Waals surface area contributed by atoms with Gasteiger partial charge in [0.25, 0.3) is 0 Å². The molecule has 0 aromatic carbocycles. The third-order valence-electron chi connectivity index (χ3n) is 5.17. The minimum atomic E-state index is -4.05. The summed E-state index contributed by atoms with van der Waals surface area (Å²) in [5.41, 5.74) is -1.44. The van der Waals surface area contributed by atoms with Crippen molar-refractivity contribution in [1.29, 1.82) is 0 Å². The minimum absolute atomic E-state index is 0.312. The third-order valence-corrected chi connectivity index (χ3v) is 5.17. The fourth-order valence-electron chi connectivity index (χ4n) is 3.61. The number of hydrogen-bond donors (Lipinski definition) is 0. The van der Waals surface area contributed by atoms with Gasteiger partial charge in [0.05, 0.1) is 5.41 Å². The van der Waals surface area contributed by atoms with E-state index in [2.05, 4.69) is 0 Å². The summed E-state index contributed by atoms with van der Waals surface area (Å²) >= 11 is 0. The lowest BCUT2D eigenvalue weighted by Gasteiger charge is -2.40. The van der Waals surface area contributed by atoms with Crippen LogP contribution >= 0.6 is 0 Å². The number of hydrogen-bond acceptors (Lipinski definition) is 0. The van der Waals surface area contributed by atoms with Crippen LogP contribution in [0.5, 0.6) is 0 Å². The molecule has 0 nitrogen and oxygen atoms in total. The number of rotatable bonds is 1. The maximum Gasteiger partial charge on any atom is 0.394 e. The lowest BCUT2D eigenvalue weighted by Crippen LogP contribution is -2.42. The van der Waals surface area contributed by atoms with Crippen LogP contribution in [-0.4, -0.2) is 6.18 Å². The monoisotopic (exact) mass is 292 g/mol. The van der Waals surface area contributed by atoms with Crippen LogP contribution in [0.2, 0.25) is 0 Å². The largest absolute Gasteiger partial charge is 0.394 e. The van der Waals surface area contributed by atoms with Crippen LogP contribution in [0, 0.1) is 11.3 Å². The average molecular weight is 292 g/mol. The molecule has 20 heavy (non-hydrogen) atoms. The van der Waals surface area contributed by atoms with Gasteiger partial charge in [-0.2, -0.15) is 13.2 Å². The topological polar surface area (TPSA) is 0 Å². The van der Waals surface area contributed by atoms with E-state index in [1.807, 2.05) is 0 Å². The van der Waals surface area contributed by atoms with Gasteiger partial charge in [-0.3, -0.25) is 0 Å². The number of halogens is 3. The lowest BCUT2D eigenvalue weighted by molar-refractivity contribution is -0.246. The van der Waals surface area contributed by atoms with Crippen LogP contribution in [0.15, 0.2) is 0 Å². The van der Waals surface area contributed by atoms with E-state index in [0.29, 0.717) is 12.8 Å². The van der Waals surface area contributed by atoms with Crippen LogP contribution in [0.25, 0.3) is 0 Å². The molecule has 0 bridgehead atoms. The molecule has 0 N–H and O–H groups in total. The Balaban J connectivity index is 2.75. The van der Waals surface area contributed by atoms with Gasteiger partial charge in [0.2, 0.25) is 0 Å². The maximum absolute atomic E-state index is 13.7. The van der Waals surface area contributed by atoms with Gasteiger partial charge in [-0.25, -0.2) is 0 Å². The summed E-state index contributed by atoms with van der Waals surface area (Å²) < 4.78 is 41.0. The van der Waals surface area contributed by atoms with Gasteiger partial charge < -0.3 is 0 Å². The van der Waals surface area contributed by atoms with Crippen LogP contribution in [0.4, 0.5) is 13.2 Å². The molecule has 0 spiro atoms. The van der Waals surface area contributed by atoms with Crippen molar-refractivity contribution < 1.29 is 13.2 Å². The Hall–Kier alpha value is -0.210. The standard InChI is InChI=1S/C17H31F3/c1-15(2)16(17(18,19)20)13-11-9-7-5-3-4-6-8-10-12-14-16/h15H,3-14H2,1-2H3. The Labute approximate surface area is 122 Å². The van der Waals surface area contributed by atoms with Crippen LogP contribution in [-0.2, 0) is 0 Å². The highest BCUT2D eigenvalue weighted by Crippen LogP contribution is 2.51. The van der Waals surface area contributed by atoms with Crippen molar-refractivity contribution in [2.45, 2.75) is 97.1 Å². The molecule has 0 radical (unpaired) electrons. The molecule has 0 atom stereocenters. The molecule has 0 unspecified atom stereocenters. The van der Waals surface area contributed by atoms with Gasteiger partial charge in [0, 0.05) is 0 Å². The van der Waals surface area contributed by atoms with E-state index in [9.17, 15) is 13.2 Å². The van der Waals surface area contributed by atoms with Crippen molar-refractivity contribution in [1.82, 2.24) is 0 Å². The molecule has 1 rings (SSSR count). The first-order chi connectivity index (χ1) is 9.40. The molecular formula is C17H31F3. The third kappa shape index (κ3) is 4.96. The first kappa shape index (κ1) is 17.8. The molecule has 1 aliphatic carbocycles. The fourth-order valence-corrected chi connectivity index (χ4v) is 3.61. The second-order valence-corrected chi connectivity index (χ2v) is 6.84. The normalized spacial score (nSPS) is 23.7. The molecule has 1 fully saturated rings. The van der Waals surface area contributed by atoms with E-state index in [-0.39, 0.29) is 5.92 Å². The predicted molar refractivity (Wildman–Crippen MR) is 78.7 cm³/mol. The molecular weight excluding hydrogens is 261 g/mol. The molecule has 0 aromatic rings. The molecule has 0 aromatic heterocycles. The zero-order valence-corrected chi connectivity index (χ0v) is 13.2. The molecule has 0 aliphatic heterocycles. The van der Waals surface area contributed by atoms with E-state index < -0.39 is 11.6 Å². The smallest absolute Gasteiger partial charge is 0.170 e. The molecule has 3 heteroatoms. The summed E-state index contributed by atoms with van der Waals surface area (Å²) in [6.07, 6.45) is 7.11. The Morgan fingerprint density at radius 3 is 1.20 bits per heavy atom. The number of alkyl halides is 3. The highest BCUT2D eigenvalue weighted by atomic mass is 19.4. The van der Waals surface area contributed by atoms with Gasteiger partial charge in [0.1, 0.15) is 0 Å². The van der Waals surface area contributed by atoms with Crippen molar-refractivity contribution >= 4 is 0 Å². The highest BCUT2D eigenvalue weighted by Gasteiger charge is 2.55. The van der Waals surface area contributed by atoms with Gasteiger partial charge in [-0.05, 0) is 18.8 Å². The second-order valence-electron chi connectivity index (χ2n) is 6.84.